The van der Waals surface area contributed by atoms with Gasteiger partial charge in [-0.1, -0.05) is 0 Å². The number of hydrogen-bond acceptors (Lipinski definition) is 6. The second-order valence-corrected chi connectivity index (χ2v) is 3.77. The lowest BCUT2D eigenvalue weighted by Crippen LogP contribution is -2.38. The van der Waals surface area contributed by atoms with Gasteiger partial charge >= 0.3 is 5.69 Å². The lowest BCUT2D eigenvalue weighted by molar-refractivity contribution is -0.0414. The van der Waals surface area contributed by atoms with Crippen LogP contribution in [-0.4, -0.2) is 43.2 Å². The van der Waals surface area contributed by atoms with Crippen molar-refractivity contribution in [3.05, 3.63) is 39.5 Å². The maximum atomic E-state index is 13.1. The zero-order valence-corrected chi connectivity index (χ0v) is 8.86. The fourth-order valence-electron chi connectivity index (χ4n) is 1.69. The Morgan fingerprint density at radius 3 is 2.61 bits per heavy atom. The molecule has 99 valence electrons. The molecule has 4 N–H and O–H groups in total. The van der Waals surface area contributed by atoms with Crippen molar-refractivity contribution in [3.63, 3.8) is 0 Å². The summed E-state index contributed by atoms with van der Waals surface area (Å²) < 4.78 is 18.6. The van der Waals surface area contributed by atoms with Crippen LogP contribution in [0.15, 0.2) is 15.8 Å². The zero-order chi connectivity index (χ0) is 13.4. The van der Waals surface area contributed by atoms with Crippen molar-refractivity contribution in [1.82, 2.24) is 9.55 Å². The molecule has 1 fully saturated rings. The molecule has 4 atom stereocenters. The quantitative estimate of drug-likeness (QED) is 0.480. The van der Waals surface area contributed by atoms with E-state index in [-0.39, 0.29) is 0 Å². The molecule has 1 saturated heterocycles. The maximum Gasteiger partial charge on any atom is 0.330 e. The Morgan fingerprint density at radius 2 is 2.06 bits per heavy atom. The molecule has 0 spiro atoms. The molecular formula is C9H10FN2O6. The Kier molecular flexibility index (Phi) is 3.30. The smallest absolute Gasteiger partial charge is 0.330 e. The van der Waals surface area contributed by atoms with Crippen LogP contribution < -0.4 is 11.2 Å². The van der Waals surface area contributed by atoms with E-state index in [0.29, 0.717) is 17.4 Å². The Labute approximate surface area is 98.9 Å². The molecule has 0 bridgehead atoms. The minimum Gasteiger partial charge on any atom is -0.387 e. The highest BCUT2D eigenvalue weighted by Crippen LogP contribution is 2.28. The first-order valence-electron chi connectivity index (χ1n) is 4.96. The van der Waals surface area contributed by atoms with E-state index in [0.717, 1.165) is 0 Å². The van der Waals surface area contributed by atoms with Crippen molar-refractivity contribution in [2.75, 3.05) is 0 Å². The molecule has 8 nitrogen and oxygen atoms in total. The fraction of sp³-hybridized carbons (Fsp3) is 0.444. The molecule has 0 aliphatic carbocycles. The molecule has 2 rings (SSSR count). The van der Waals surface area contributed by atoms with Gasteiger partial charge in [0.25, 0.3) is 5.56 Å². The van der Waals surface area contributed by atoms with E-state index < -0.39 is 41.6 Å². The van der Waals surface area contributed by atoms with E-state index in [1.807, 2.05) is 0 Å². The first-order chi connectivity index (χ1) is 8.45. The molecule has 1 aromatic heterocycles. The Bertz CT molecular complexity index is 555. The number of aliphatic hydroxyl groups excluding tert-OH is 3. The second-order valence-electron chi connectivity index (χ2n) is 3.77. The van der Waals surface area contributed by atoms with Gasteiger partial charge in [0.1, 0.15) is 24.9 Å². The third-order valence-electron chi connectivity index (χ3n) is 2.62. The summed E-state index contributed by atoms with van der Waals surface area (Å²) >= 11 is 0. The standard InChI is InChI=1S/C9H10FN2O6/c10-3-1-12(9(17)11-7(3)16)8-6(15)5(14)4(2-13)18-8/h1-2,4-6,8,13-15H,(H,11,16,17)/t4-,5-,6-,8-/m1/s1. The van der Waals surface area contributed by atoms with Crippen LogP contribution in [-0.2, 0) is 4.74 Å². The number of H-pyrrole nitrogens is 1. The lowest BCUT2D eigenvalue weighted by atomic mass is 10.1. The summed E-state index contributed by atoms with van der Waals surface area (Å²) in [5.74, 6) is -1.24. The van der Waals surface area contributed by atoms with Gasteiger partial charge in [0.05, 0.1) is 6.20 Å². The molecule has 0 amide bonds. The van der Waals surface area contributed by atoms with Gasteiger partial charge in [0.15, 0.2) is 6.23 Å². The third-order valence-corrected chi connectivity index (χ3v) is 2.62. The van der Waals surface area contributed by atoms with Gasteiger partial charge in [-0.25, -0.2) is 4.79 Å². The summed E-state index contributed by atoms with van der Waals surface area (Å²) in [6.45, 7) is 0.501. The molecule has 2 heterocycles. The molecule has 0 unspecified atom stereocenters. The van der Waals surface area contributed by atoms with Crippen LogP contribution in [0.1, 0.15) is 6.23 Å². The van der Waals surface area contributed by atoms with E-state index in [9.17, 15) is 24.2 Å². The molecule has 1 radical (unpaired) electrons. The van der Waals surface area contributed by atoms with Crippen molar-refractivity contribution in [3.8, 4) is 0 Å². The van der Waals surface area contributed by atoms with Crippen LogP contribution in [0.25, 0.3) is 0 Å². The molecule has 1 aliphatic rings. The van der Waals surface area contributed by atoms with E-state index >= 15 is 0 Å². The highest BCUT2D eigenvalue weighted by molar-refractivity contribution is 4.96. The molecule has 1 aliphatic heterocycles. The van der Waals surface area contributed by atoms with Crippen molar-refractivity contribution >= 4 is 0 Å². The van der Waals surface area contributed by atoms with E-state index in [1.165, 1.54) is 0 Å². The minimum absolute atomic E-state index is 0.501. The number of nitrogens with zero attached hydrogens (tertiary/aromatic N) is 1. The van der Waals surface area contributed by atoms with Gasteiger partial charge in [-0.3, -0.25) is 14.3 Å². The number of hydrogen-bond donors (Lipinski definition) is 4. The third kappa shape index (κ3) is 1.97. The van der Waals surface area contributed by atoms with Crippen molar-refractivity contribution in [2.45, 2.75) is 24.5 Å². The number of rotatable bonds is 2. The number of aliphatic hydroxyl groups is 3. The number of ether oxygens (including phenoxy) is 1. The van der Waals surface area contributed by atoms with Gasteiger partial charge < -0.3 is 20.1 Å². The zero-order valence-electron chi connectivity index (χ0n) is 8.86. The molecule has 0 saturated carbocycles. The summed E-state index contributed by atoms with van der Waals surface area (Å²) in [6.07, 6.45) is -5.09. The van der Waals surface area contributed by atoms with E-state index in [4.69, 9.17) is 9.84 Å². The van der Waals surface area contributed by atoms with Gasteiger partial charge in [-0.15, -0.1) is 0 Å². The fourth-order valence-corrected chi connectivity index (χ4v) is 1.69. The highest BCUT2D eigenvalue weighted by Gasteiger charge is 2.44. The van der Waals surface area contributed by atoms with Crippen molar-refractivity contribution in [1.29, 1.82) is 0 Å². The maximum absolute atomic E-state index is 13.1. The topological polar surface area (TPSA) is 125 Å². The van der Waals surface area contributed by atoms with Crippen molar-refractivity contribution in [2.24, 2.45) is 0 Å². The normalized spacial score (nSPS) is 31.8. The predicted molar refractivity (Wildman–Crippen MR) is 53.4 cm³/mol. The number of aromatic nitrogens is 2. The van der Waals surface area contributed by atoms with Crippen LogP contribution in [0.2, 0.25) is 0 Å². The molecular weight excluding hydrogens is 251 g/mol. The molecule has 0 aromatic carbocycles. The number of aromatic amines is 1. The van der Waals surface area contributed by atoms with Gasteiger partial charge in [-0.05, 0) is 0 Å². The summed E-state index contributed by atoms with van der Waals surface area (Å²) in [6, 6.07) is 0. The van der Waals surface area contributed by atoms with Crippen molar-refractivity contribution < 1.29 is 24.4 Å². The van der Waals surface area contributed by atoms with Gasteiger partial charge in [0, 0.05) is 0 Å². The summed E-state index contributed by atoms with van der Waals surface area (Å²) in [7, 11) is 0. The highest BCUT2D eigenvalue weighted by atomic mass is 19.1. The predicted octanol–water partition coefficient (Wildman–Crippen LogP) is -2.17. The van der Waals surface area contributed by atoms with E-state index in [1.54, 1.807) is 4.98 Å². The first kappa shape index (κ1) is 12.9. The lowest BCUT2D eigenvalue weighted by Gasteiger charge is -2.16. The first-order valence-corrected chi connectivity index (χ1v) is 4.96. The average molecular weight is 261 g/mol. The summed E-state index contributed by atoms with van der Waals surface area (Å²) in [5.41, 5.74) is -2.20. The van der Waals surface area contributed by atoms with Crippen LogP contribution in [0.5, 0.6) is 0 Å². The molecule has 1 aromatic rings. The monoisotopic (exact) mass is 261 g/mol. The number of nitrogens with one attached hydrogen (secondary N) is 1. The van der Waals surface area contributed by atoms with Crippen LogP contribution in [0, 0.1) is 12.4 Å². The Balaban J connectivity index is 2.42. The van der Waals surface area contributed by atoms with Gasteiger partial charge in [-0.2, -0.15) is 4.39 Å². The summed E-state index contributed by atoms with van der Waals surface area (Å²) in [4.78, 5) is 23.9. The largest absolute Gasteiger partial charge is 0.387 e. The van der Waals surface area contributed by atoms with E-state index in [2.05, 4.69) is 0 Å². The Hall–Kier alpha value is -1.55. The summed E-state index contributed by atoms with van der Waals surface area (Å²) in [5, 5.41) is 27.8. The van der Waals surface area contributed by atoms with Crippen LogP contribution in [0.4, 0.5) is 4.39 Å². The number of halogens is 1. The Morgan fingerprint density at radius 1 is 1.39 bits per heavy atom. The average Bonchev–Trinajstić information content (AvgIpc) is 2.61. The van der Waals surface area contributed by atoms with Gasteiger partial charge in [0.2, 0.25) is 5.82 Å². The SMILES string of the molecule is O=c1[nH]c(=O)n([C@@H]2O[C@H]([CH]O)[C@@H](O)[C@H]2O)cc1F. The molecule has 18 heavy (non-hydrogen) atoms. The second kappa shape index (κ2) is 4.61. The minimum atomic E-state index is -1.55. The van der Waals surface area contributed by atoms with Crippen LogP contribution in [0.3, 0.4) is 0 Å². The molecule has 9 heteroatoms. The van der Waals surface area contributed by atoms with Crippen LogP contribution >= 0.6 is 0 Å².